The van der Waals surface area contributed by atoms with E-state index >= 15 is 0 Å². The van der Waals surface area contributed by atoms with Crippen molar-refractivity contribution in [3.8, 4) is 0 Å². The van der Waals surface area contributed by atoms with Crippen molar-refractivity contribution in [2.75, 3.05) is 19.7 Å². The molecule has 3 nitrogen and oxygen atoms in total. The number of nitrogens with two attached hydrogens (primary N) is 1. The van der Waals surface area contributed by atoms with Crippen LogP contribution in [0.2, 0.25) is 0 Å². The molecule has 102 valence electrons. The smallest absolute Gasteiger partial charge is 0.127 e. The Kier molecular flexibility index (Phi) is 6.25. The predicted molar refractivity (Wildman–Crippen MR) is 71.7 cm³/mol. The number of halogens is 1. The fraction of sp³-hybridized carbons (Fsp3) is 0.571. The van der Waals surface area contributed by atoms with Crippen LogP contribution in [0.5, 0.6) is 0 Å². The van der Waals surface area contributed by atoms with Gasteiger partial charge in [0.1, 0.15) is 5.82 Å². The SMILES string of the molecule is CC(C)N(CCO)CCC(N)c1ccccc1F. The first-order valence-electron chi connectivity index (χ1n) is 6.41. The van der Waals surface area contributed by atoms with E-state index in [2.05, 4.69) is 18.7 Å². The van der Waals surface area contributed by atoms with Crippen LogP contribution >= 0.6 is 0 Å². The maximum Gasteiger partial charge on any atom is 0.127 e. The standard InChI is InChI=1S/C14H23FN2O/c1-11(2)17(9-10-18)8-7-14(16)12-5-3-4-6-13(12)15/h3-6,11,14,18H,7-10,16H2,1-2H3. The molecular formula is C14H23FN2O. The molecular weight excluding hydrogens is 231 g/mol. The van der Waals surface area contributed by atoms with Crippen molar-refractivity contribution in [1.29, 1.82) is 0 Å². The van der Waals surface area contributed by atoms with Crippen LogP contribution in [0.3, 0.4) is 0 Å². The Morgan fingerprint density at radius 1 is 1.28 bits per heavy atom. The summed E-state index contributed by atoms with van der Waals surface area (Å²) in [4.78, 5) is 2.14. The first kappa shape index (κ1) is 15.1. The van der Waals surface area contributed by atoms with Gasteiger partial charge in [-0.05, 0) is 26.3 Å². The molecule has 0 amide bonds. The summed E-state index contributed by atoms with van der Waals surface area (Å²) in [5.74, 6) is -0.247. The molecule has 0 aliphatic rings. The zero-order chi connectivity index (χ0) is 13.5. The Hall–Kier alpha value is -0.970. The molecule has 0 fully saturated rings. The second kappa shape index (κ2) is 7.46. The minimum atomic E-state index is -0.300. The Morgan fingerprint density at radius 2 is 1.94 bits per heavy atom. The fourth-order valence-corrected chi connectivity index (χ4v) is 1.99. The first-order chi connectivity index (χ1) is 8.56. The third-order valence-corrected chi connectivity index (χ3v) is 3.15. The lowest BCUT2D eigenvalue weighted by molar-refractivity contribution is 0.161. The third kappa shape index (κ3) is 4.37. The van der Waals surface area contributed by atoms with Gasteiger partial charge in [-0.3, -0.25) is 4.90 Å². The fourth-order valence-electron chi connectivity index (χ4n) is 1.99. The van der Waals surface area contributed by atoms with E-state index in [1.807, 2.05) is 0 Å². The summed E-state index contributed by atoms with van der Waals surface area (Å²) in [6.07, 6.45) is 0.680. The van der Waals surface area contributed by atoms with Crippen molar-refractivity contribution < 1.29 is 9.50 Å². The van der Waals surface area contributed by atoms with Gasteiger partial charge in [0.05, 0.1) is 6.61 Å². The minimum Gasteiger partial charge on any atom is -0.395 e. The molecule has 0 spiro atoms. The maximum absolute atomic E-state index is 13.5. The topological polar surface area (TPSA) is 49.5 Å². The van der Waals surface area contributed by atoms with Gasteiger partial charge in [0.2, 0.25) is 0 Å². The molecule has 18 heavy (non-hydrogen) atoms. The van der Waals surface area contributed by atoms with Crippen molar-refractivity contribution in [3.63, 3.8) is 0 Å². The lowest BCUT2D eigenvalue weighted by Gasteiger charge is -2.27. The van der Waals surface area contributed by atoms with E-state index in [-0.39, 0.29) is 18.5 Å². The number of rotatable bonds is 7. The first-order valence-corrected chi connectivity index (χ1v) is 6.41. The zero-order valence-electron chi connectivity index (χ0n) is 11.1. The van der Waals surface area contributed by atoms with Crippen molar-refractivity contribution >= 4 is 0 Å². The molecule has 0 radical (unpaired) electrons. The highest BCUT2D eigenvalue weighted by molar-refractivity contribution is 5.20. The molecule has 0 aliphatic carbocycles. The quantitative estimate of drug-likeness (QED) is 0.781. The summed E-state index contributed by atoms with van der Waals surface area (Å²) in [7, 11) is 0. The van der Waals surface area contributed by atoms with E-state index in [0.29, 0.717) is 24.6 Å². The summed E-state index contributed by atoms with van der Waals surface area (Å²) in [5.41, 5.74) is 6.57. The van der Waals surface area contributed by atoms with Gasteiger partial charge in [-0.15, -0.1) is 0 Å². The van der Waals surface area contributed by atoms with Gasteiger partial charge in [-0.25, -0.2) is 4.39 Å². The Labute approximate surface area is 108 Å². The Balaban J connectivity index is 2.54. The number of aliphatic hydroxyl groups is 1. The monoisotopic (exact) mass is 254 g/mol. The summed E-state index contributed by atoms with van der Waals surface area (Å²) >= 11 is 0. The van der Waals surface area contributed by atoms with Gasteiger partial charge in [0.25, 0.3) is 0 Å². The third-order valence-electron chi connectivity index (χ3n) is 3.15. The summed E-state index contributed by atoms with van der Waals surface area (Å²) in [6.45, 7) is 5.66. The van der Waals surface area contributed by atoms with E-state index in [0.717, 1.165) is 6.54 Å². The normalized spacial score (nSPS) is 13.3. The molecule has 1 unspecified atom stereocenters. The molecule has 0 saturated heterocycles. The summed E-state index contributed by atoms with van der Waals surface area (Å²) in [5, 5.41) is 8.98. The zero-order valence-corrected chi connectivity index (χ0v) is 11.1. The van der Waals surface area contributed by atoms with Crippen LogP contribution in [0.1, 0.15) is 31.9 Å². The molecule has 1 aromatic carbocycles. The number of aliphatic hydroxyl groups excluding tert-OH is 1. The number of hydrogen-bond acceptors (Lipinski definition) is 3. The Morgan fingerprint density at radius 3 is 2.50 bits per heavy atom. The average molecular weight is 254 g/mol. The molecule has 1 rings (SSSR count). The highest BCUT2D eigenvalue weighted by Gasteiger charge is 2.14. The van der Waals surface area contributed by atoms with Crippen molar-refractivity contribution in [1.82, 2.24) is 4.90 Å². The van der Waals surface area contributed by atoms with E-state index in [4.69, 9.17) is 10.8 Å². The van der Waals surface area contributed by atoms with Crippen LogP contribution in [-0.4, -0.2) is 35.7 Å². The van der Waals surface area contributed by atoms with Crippen LogP contribution < -0.4 is 5.73 Å². The van der Waals surface area contributed by atoms with Gasteiger partial charge in [0, 0.05) is 30.7 Å². The summed E-state index contributed by atoms with van der Waals surface area (Å²) < 4.78 is 13.5. The van der Waals surface area contributed by atoms with E-state index in [9.17, 15) is 4.39 Å². The molecule has 3 N–H and O–H groups in total. The number of nitrogens with zero attached hydrogens (tertiary/aromatic N) is 1. The molecule has 0 aliphatic heterocycles. The lowest BCUT2D eigenvalue weighted by Crippen LogP contribution is -2.35. The van der Waals surface area contributed by atoms with Crippen LogP contribution in [-0.2, 0) is 0 Å². The van der Waals surface area contributed by atoms with Gasteiger partial charge >= 0.3 is 0 Å². The molecule has 1 aromatic rings. The van der Waals surface area contributed by atoms with Gasteiger partial charge in [-0.2, -0.15) is 0 Å². The number of hydrogen-bond donors (Lipinski definition) is 2. The van der Waals surface area contributed by atoms with Gasteiger partial charge in [0.15, 0.2) is 0 Å². The molecule has 0 aromatic heterocycles. The van der Waals surface area contributed by atoms with Crippen molar-refractivity contribution in [2.45, 2.75) is 32.4 Å². The highest BCUT2D eigenvalue weighted by Crippen LogP contribution is 2.18. The highest BCUT2D eigenvalue weighted by atomic mass is 19.1. The van der Waals surface area contributed by atoms with Gasteiger partial charge in [-0.1, -0.05) is 18.2 Å². The largest absolute Gasteiger partial charge is 0.395 e. The molecule has 0 saturated carbocycles. The predicted octanol–water partition coefficient (Wildman–Crippen LogP) is 1.92. The Bertz CT molecular complexity index is 357. The van der Waals surface area contributed by atoms with Crippen LogP contribution in [0, 0.1) is 5.82 Å². The average Bonchev–Trinajstić information content (AvgIpc) is 2.34. The molecule has 1 atom stereocenters. The van der Waals surface area contributed by atoms with E-state index < -0.39 is 0 Å². The lowest BCUT2D eigenvalue weighted by atomic mass is 10.0. The van der Waals surface area contributed by atoms with Crippen LogP contribution in [0.15, 0.2) is 24.3 Å². The second-order valence-electron chi connectivity index (χ2n) is 4.77. The second-order valence-corrected chi connectivity index (χ2v) is 4.77. The maximum atomic E-state index is 13.5. The van der Waals surface area contributed by atoms with Crippen LogP contribution in [0.25, 0.3) is 0 Å². The molecule has 0 heterocycles. The van der Waals surface area contributed by atoms with E-state index in [1.165, 1.54) is 6.07 Å². The van der Waals surface area contributed by atoms with Gasteiger partial charge < -0.3 is 10.8 Å². The summed E-state index contributed by atoms with van der Waals surface area (Å²) in [6, 6.07) is 6.68. The molecule has 0 bridgehead atoms. The van der Waals surface area contributed by atoms with Crippen molar-refractivity contribution in [3.05, 3.63) is 35.6 Å². The van der Waals surface area contributed by atoms with Crippen LogP contribution in [0.4, 0.5) is 4.39 Å². The molecule has 4 heteroatoms. The van der Waals surface area contributed by atoms with E-state index in [1.54, 1.807) is 18.2 Å². The number of benzene rings is 1. The van der Waals surface area contributed by atoms with Crippen molar-refractivity contribution in [2.24, 2.45) is 5.73 Å². The minimum absolute atomic E-state index is 0.132.